The predicted octanol–water partition coefficient (Wildman–Crippen LogP) is 7.62. The Balaban J connectivity index is 1.46. The smallest absolute Gasteiger partial charge is 0.157 e. The average Bonchev–Trinajstić information content (AvgIpc) is 2.74. The summed E-state index contributed by atoms with van der Waals surface area (Å²) in [5.41, 5.74) is 0. The third-order valence-corrected chi connectivity index (χ3v) is 8.32. The van der Waals surface area contributed by atoms with E-state index in [0.717, 1.165) is 25.2 Å². The molecule has 0 amide bonds. The summed E-state index contributed by atoms with van der Waals surface area (Å²) in [5.74, 6) is 1.19. The molecule has 3 rings (SSSR count). The highest BCUT2D eigenvalue weighted by molar-refractivity contribution is 4.96. The second kappa shape index (κ2) is 11.4. The molecule has 29 heavy (non-hydrogen) atoms. The first kappa shape index (κ1) is 23.4. The molecule has 1 nitrogen and oxygen atoms in total. The van der Waals surface area contributed by atoms with Crippen molar-refractivity contribution in [3.8, 4) is 0 Å². The first-order valence-electron chi connectivity index (χ1n) is 12.6. The molecule has 7 atom stereocenters. The van der Waals surface area contributed by atoms with Crippen molar-refractivity contribution >= 4 is 0 Å². The molecule has 0 N–H and O–H groups in total. The van der Waals surface area contributed by atoms with Gasteiger partial charge in [-0.1, -0.05) is 46.0 Å². The van der Waals surface area contributed by atoms with Gasteiger partial charge in [0.1, 0.15) is 12.3 Å². The Morgan fingerprint density at radius 3 is 2.07 bits per heavy atom. The third-order valence-electron chi connectivity index (χ3n) is 8.32. The molecule has 3 fully saturated rings. The maximum atomic E-state index is 15.2. The highest BCUT2D eigenvalue weighted by atomic mass is 19.2. The molecule has 0 bridgehead atoms. The van der Waals surface area contributed by atoms with Crippen LogP contribution in [0, 0.1) is 29.6 Å². The number of alkyl halides is 3. The minimum absolute atomic E-state index is 0.00233. The van der Waals surface area contributed by atoms with E-state index in [4.69, 9.17) is 4.74 Å². The standard InChI is InChI=1S/C25H43F3O/c1-3-5-6-17-7-9-18(10-8-17)20-12-11-19(16-22(20)26)21-13-14-23(29-15-4-2)25(28)24(21)27/h17-25H,3-16H2,1-2H3. The van der Waals surface area contributed by atoms with E-state index in [2.05, 4.69) is 6.92 Å². The number of ether oxygens (including phenoxy) is 1. The van der Waals surface area contributed by atoms with Crippen LogP contribution in [0.15, 0.2) is 0 Å². The molecule has 0 radical (unpaired) electrons. The van der Waals surface area contributed by atoms with Gasteiger partial charge in [0.25, 0.3) is 0 Å². The van der Waals surface area contributed by atoms with Crippen molar-refractivity contribution in [3.63, 3.8) is 0 Å². The number of halogens is 3. The fourth-order valence-corrected chi connectivity index (χ4v) is 6.54. The molecule has 0 aromatic heterocycles. The van der Waals surface area contributed by atoms with Crippen LogP contribution in [0.3, 0.4) is 0 Å². The van der Waals surface area contributed by atoms with E-state index in [1.54, 1.807) is 0 Å². The summed E-state index contributed by atoms with van der Waals surface area (Å²) >= 11 is 0. The Morgan fingerprint density at radius 2 is 1.41 bits per heavy atom. The zero-order chi connectivity index (χ0) is 20.8. The summed E-state index contributed by atoms with van der Waals surface area (Å²) in [6.07, 6.45) is 8.51. The molecule has 3 aliphatic rings. The molecule has 0 aliphatic heterocycles. The van der Waals surface area contributed by atoms with Gasteiger partial charge in [0.2, 0.25) is 0 Å². The quantitative estimate of drug-likeness (QED) is 0.395. The van der Waals surface area contributed by atoms with Gasteiger partial charge in [0.15, 0.2) is 6.17 Å². The first-order chi connectivity index (χ1) is 14.0. The van der Waals surface area contributed by atoms with Crippen molar-refractivity contribution < 1.29 is 17.9 Å². The fraction of sp³-hybridized carbons (Fsp3) is 1.00. The lowest BCUT2D eigenvalue weighted by Crippen LogP contribution is -2.47. The SMILES string of the molecule is CCCCC1CCC(C2CCC(C3CCC(OCCC)C(F)C3F)CC2F)CC1. The number of hydrogen-bond donors (Lipinski definition) is 0. The van der Waals surface area contributed by atoms with E-state index in [-0.39, 0.29) is 17.8 Å². The van der Waals surface area contributed by atoms with Gasteiger partial charge in [-0.3, -0.25) is 0 Å². The second-order valence-electron chi connectivity index (χ2n) is 10.2. The van der Waals surface area contributed by atoms with Gasteiger partial charge in [-0.25, -0.2) is 13.2 Å². The number of rotatable bonds is 8. The molecule has 3 aliphatic carbocycles. The lowest BCUT2D eigenvalue weighted by Gasteiger charge is -2.44. The molecule has 7 unspecified atom stereocenters. The van der Waals surface area contributed by atoms with Gasteiger partial charge in [-0.2, -0.15) is 0 Å². The lowest BCUT2D eigenvalue weighted by atomic mass is 9.64. The van der Waals surface area contributed by atoms with Crippen molar-refractivity contribution in [1.29, 1.82) is 0 Å². The average molecular weight is 417 g/mol. The summed E-state index contributed by atoms with van der Waals surface area (Å²) in [6, 6.07) is 0. The monoisotopic (exact) mass is 416 g/mol. The second-order valence-corrected chi connectivity index (χ2v) is 10.2. The molecule has 0 saturated heterocycles. The van der Waals surface area contributed by atoms with Crippen LogP contribution >= 0.6 is 0 Å². The van der Waals surface area contributed by atoms with E-state index in [0.29, 0.717) is 31.8 Å². The molecule has 0 aromatic rings. The number of hydrogen-bond acceptors (Lipinski definition) is 1. The molecule has 0 aromatic carbocycles. The summed E-state index contributed by atoms with van der Waals surface area (Å²) in [7, 11) is 0. The Morgan fingerprint density at radius 1 is 0.724 bits per heavy atom. The topological polar surface area (TPSA) is 9.23 Å². The summed E-state index contributed by atoms with van der Waals surface area (Å²) < 4.78 is 50.1. The third kappa shape index (κ3) is 5.92. The van der Waals surface area contributed by atoms with Crippen LogP contribution in [0.4, 0.5) is 13.2 Å². The summed E-state index contributed by atoms with van der Waals surface area (Å²) in [6.45, 7) is 4.71. The van der Waals surface area contributed by atoms with Crippen LogP contribution in [0.25, 0.3) is 0 Å². The fourth-order valence-electron chi connectivity index (χ4n) is 6.54. The Kier molecular flexibility index (Phi) is 9.20. The minimum Gasteiger partial charge on any atom is -0.375 e. The van der Waals surface area contributed by atoms with Crippen LogP contribution in [-0.4, -0.2) is 31.2 Å². The lowest BCUT2D eigenvalue weighted by molar-refractivity contribution is -0.0920. The van der Waals surface area contributed by atoms with Crippen LogP contribution < -0.4 is 0 Å². The number of unbranched alkanes of at least 4 members (excludes halogenated alkanes) is 1. The van der Waals surface area contributed by atoms with Crippen LogP contribution in [0.5, 0.6) is 0 Å². The molecule has 0 heterocycles. The maximum absolute atomic E-state index is 15.2. The van der Waals surface area contributed by atoms with Crippen molar-refractivity contribution in [1.82, 2.24) is 0 Å². The highest BCUT2D eigenvalue weighted by Gasteiger charge is 2.47. The van der Waals surface area contributed by atoms with Gasteiger partial charge < -0.3 is 4.74 Å². The van der Waals surface area contributed by atoms with Gasteiger partial charge in [-0.05, 0) is 81.0 Å². The zero-order valence-corrected chi connectivity index (χ0v) is 18.6. The largest absolute Gasteiger partial charge is 0.375 e. The van der Waals surface area contributed by atoms with Crippen molar-refractivity contribution in [2.24, 2.45) is 29.6 Å². The molecular weight excluding hydrogens is 373 g/mol. The van der Waals surface area contributed by atoms with Crippen molar-refractivity contribution in [2.45, 2.75) is 122 Å². The van der Waals surface area contributed by atoms with Crippen LogP contribution in [0.1, 0.15) is 97.3 Å². The van der Waals surface area contributed by atoms with E-state index in [1.807, 2.05) is 6.92 Å². The predicted molar refractivity (Wildman–Crippen MR) is 113 cm³/mol. The molecule has 4 heteroatoms. The van der Waals surface area contributed by atoms with Gasteiger partial charge in [0.05, 0.1) is 6.10 Å². The molecule has 3 saturated carbocycles. The zero-order valence-electron chi connectivity index (χ0n) is 18.6. The van der Waals surface area contributed by atoms with Gasteiger partial charge >= 0.3 is 0 Å². The Hall–Kier alpha value is -0.250. The van der Waals surface area contributed by atoms with Crippen LogP contribution in [-0.2, 0) is 4.74 Å². The first-order valence-corrected chi connectivity index (χ1v) is 12.6. The minimum atomic E-state index is -1.55. The van der Waals surface area contributed by atoms with Crippen molar-refractivity contribution in [3.05, 3.63) is 0 Å². The maximum Gasteiger partial charge on any atom is 0.157 e. The summed E-state index contributed by atoms with van der Waals surface area (Å²) in [4.78, 5) is 0. The van der Waals surface area contributed by atoms with E-state index in [9.17, 15) is 8.78 Å². The van der Waals surface area contributed by atoms with Crippen molar-refractivity contribution in [2.75, 3.05) is 6.61 Å². The van der Waals surface area contributed by atoms with E-state index in [1.165, 1.54) is 44.9 Å². The highest BCUT2D eigenvalue weighted by Crippen LogP contribution is 2.48. The van der Waals surface area contributed by atoms with E-state index >= 15 is 4.39 Å². The normalized spacial score (nSPS) is 44.0. The van der Waals surface area contributed by atoms with Gasteiger partial charge in [-0.15, -0.1) is 0 Å². The molecular formula is C25H43F3O. The van der Waals surface area contributed by atoms with E-state index < -0.39 is 24.6 Å². The Bertz CT molecular complexity index is 465. The molecule has 170 valence electrons. The molecule has 0 spiro atoms. The summed E-state index contributed by atoms with van der Waals surface area (Å²) in [5, 5.41) is 0. The van der Waals surface area contributed by atoms with Gasteiger partial charge in [0, 0.05) is 6.61 Å². The van der Waals surface area contributed by atoms with Crippen LogP contribution in [0.2, 0.25) is 0 Å². The Labute approximate surface area is 176 Å².